The number of hydrogen-bond donors (Lipinski definition) is 0. The van der Waals surface area contributed by atoms with Gasteiger partial charge in [0, 0.05) is 26.6 Å². The van der Waals surface area contributed by atoms with Gasteiger partial charge in [-0.15, -0.1) is 0 Å². The van der Waals surface area contributed by atoms with Crippen LogP contribution >= 0.6 is 15.9 Å². The van der Waals surface area contributed by atoms with Crippen molar-refractivity contribution < 1.29 is 22.7 Å². The predicted octanol–water partition coefficient (Wildman–Crippen LogP) is 2.79. The molecule has 2 heterocycles. The summed E-state index contributed by atoms with van der Waals surface area (Å²) < 4.78 is 37.7. The number of piperidine rings is 1. The molecule has 106 valence electrons. The third-order valence-electron chi connectivity index (χ3n) is 3.19. The Kier molecular flexibility index (Phi) is 4.25. The van der Waals surface area contributed by atoms with Crippen LogP contribution < -0.4 is 0 Å². The first-order valence-electron chi connectivity index (χ1n) is 5.85. The zero-order valence-electron chi connectivity index (χ0n) is 10.4. The summed E-state index contributed by atoms with van der Waals surface area (Å²) >= 11 is 3.10. The highest BCUT2D eigenvalue weighted by Crippen LogP contribution is 2.34. The summed E-state index contributed by atoms with van der Waals surface area (Å²) in [7, 11) is 1.38. The van der Waals surface area contributed by atoms with E-state index in [4.69, 9.17) is 9.15 Å². The van der Waals surface area contributed by atoms with E-state index in [-0.39, 0.29) is 37.8 Å². The number of likely N-dealkylation sites (tertiary alicyclic amines) is 1. The van der Waals surface area contributed by atoms with E-state index in [1.54, 1.807) is 6.07 Å². The van der Waals surface area contributed by atoms with Crippen LogP contribution in [0.4, 0.5) is 8.78 Å². The van der Waals surface area contributed by atoms with Crippen molar-refractivity contribution in [1.29, 1.82) is 0 Å². The van der Waals surface area contributed by atoms with Crippen LogP contribution in [0.2, 0.25) is 0 Å². The van der Waals surface area contributed by atoms with Crippen molar-refractivity contribution in [3.63, 3.8) is 0 Å². The van der Waals surface area contributed by atoms with Gasteiger partial charge in [0.2, 0.25) is 0 Å². The molecule has 0 aliphatic carbocycles. The van der Waals surface area contributed by atoms with Crippen molar-refractivity contribution in [3.8, 4) is 0 Å². The van der Waals surface area contributed by atoms with Crippen LogP contribution in [0, 0.1) is 5.92 Å². The molecular weight excluding hydrogens is 324 g/mol. The van der Waals surface area contributed by atoms with Gasteiger partial charge in [0.1, 0.15) is 0 Å². The zero-order chi connectivity index (χ0) is 14.0. The summed E-state index contributed by atoms with van der Waals surface area (Å²) in [5.41, 5.74) is 0. The predicted molar refractivity (Wildman–Crippen MR) is 67.2 cm³/mol. The van der Waals surface area contributed by atoms with E-state index >= 15 is 0 Å². The number of carbonyl (C=O) groups excluding carboxylic acids is 1. The Balaban J connectivity index is 2.08. The lowest BCUT2D eigenvalue weighted by atomic mass is 9.94. The second-order valence-corrected chi connectivity index (χ2v) is 5.30. The number of carbonyl (C=O) groups is 1. The monoisotopic (exact) mass is 337 g/mol. The highest BCUT2D eigenvalue weighted by Gasteiger charge is 2.45. The topological polar surface area (TPSA) is 42.7 Å². The number of furan rings is 1. The second-order valence-electron chi connectivity index (χ2n) is 4.52. The van der Waals surface area contributed by atoms with Gasteiger partial charge in [0.05, 0.1) is 12.5 Å². The Hall–Kier alpha value is -0.950. The molecule has 0 saturated carbocycles. The van der Waals surface area contributed by atoms with Crippen LogP contribution in [0.25, 0.3) is 0 Å². The Morgan fingerprint density at radius 3 is 2.95 bits per heavy atom. The van der Waals surface area contributed by atoms with Crippen molar-refractivity contribution in [2.45, 2.75) is 12.3 Å². The molecule has 2 rings (SSSR count). The van der Waals surface area contributed by atoms with Crippen LogP contribution in [0.15, 0.2) is 21.2 Å². The maximum absolute atomic E-state index is 13.7. The normalized spacial score (nSPS) is 22.5. The first-order valence-corrected chi connectivity index (χ1v) is 6.64. The highest BCUT2D eigenvalue weighted by atomic mass is 79.9. The Labute approximate surface area is 117 Å². The van der Waals surface area contributed by atoms with E-state index in [1.165, 1.54) is 18.1 Å². The van der Waals surface area contributed by atoms with Gasteiger partial charge in [-0.2, -0.15) is 0 Å². The maximum Gasteiger partial charge on any atom is 0.289 e. The molecule has 0 radical (unpaired) electrons. The minimum atomic E-state index is -2.80. The number of halogens is 3. The minimum Gasteiger partial charge on any atom is -0.444 e. The third-order valence-corrected chi connectivity index (χ3v) is 3.62. The summed E-state index contributed by atoms with van der Waals surface area (Å²) in [6.45, 7) is -0.0824. The molecule has 19 heavy (non-hydrogen) atoms. The first kappa shape index (κ1) is 14.5. The first-order chi connectivity index (χ1) is 8.94. The number of amides is 1. The number of methoxy groups -OCH3 is 1. The Morgan fingerprint density at radius 1 is 1.63 bits per heavy atom. The SMILES string of the molecule is COCC1CN(C(=O)c2ccc(Br)o2)CCC1(F)F. The van der Waals surface area contributed by atoms with Crippen molar-refractivity contribution in [2.75, 3.05) is 26.8 Å². The molecule has 0 spiro atoms. The summed E-state index contributed by atoms with van der Waals surface area (Å²) in [5, 5.41) is 0. The summed E-state index contributed by atoms with van der Waals surface area (Å²) in [6.07, 6.45) is -0.353. The van der Waals surface area contributed by atoms with E-state index < -0.39 is 11.8 Å². The van der Waals surface area contributed by atoms with Crippen LogP contribution in [-0.4, -0.2) is 43.5 Å². The summed E-state index contributed by atoms with van der Waals surface area (Å²) in [5.74, 6) is -4.00. The van der Waals surface area contributed by atoms with E-state index in [1.807, 2.05) is 0 Å². The highest BCUT2D eigenvalue weighted by molar-refractivity contribution is 9.10. The largest absolute Gasteiger partial charge is 0.444 e. The molecule has 0 aromatic carbocycles. The number of alkyl halides is 2. The molecule has 1 atom stereocenters. The lowest BCUT2D eigenvalue weighted by molar-refractivity contribution is -0.118. The van der Waals surface area contributed by atoms with E-state index in [2.05, 4.69) is 15.9 Å². The Bertz CT molecular complexity index is 464. The smallest absolute Gasteiger partial charge is 0.289 e. The lowest BCUT2D eigenvalue weighted by Crippen LogP contribution is -2.50. The van der Waals surface area contributed by atoms with E-state index in [0.29, 0.717) is 4.67 Å². The fraction of sp³-hybridized carbons (Fsp3) is 0.583. The zero-order valence-corrected chi connectivity index (χ0v) is 12.0. The fourth-order valence-corrected chi connectivity index (χ4v) is 2.43. The molecule has 1 aromatic heterocycles. The van der Waals surface area contributed by atoms with Gasteiger partial charge in [-0.25, -0.2) is 8.78 Å². The summed E-state index contributed by atoms with van der Waals surface area (Å²) in [4.78, 5) is 13.5. The van der Waals surface area contributed by atoms with Gasteiger partial charge < -0.3 is 14.1 Å². The molecule has 1 amide bonds. The quantitative estimate of drug-likeness (QED) is 0.851. The molecular formula is C12H14BrF2NO3. The fourth-order valence-electron chi connectivity index (χ4n) is 2.12. The molecule has 1 aliphatic rings. The van der Waals surface area contributed by atoms with Crippen LogP contribution in [0.3, 0.4) is 0 Å². The van der Waals surface area contributed by atoms with Crippen LogP contribution in [-0.2, 0) is 4.74 Å². The van der Waals surface area contributed by atoms with Gasteiger partial charge in [-0.05, 0) is 28.1 Å². The molecule has 1 aliphatic heterocycles. The number of ether oxygens (including phenoxy) is 1. The third kappa shape index (κ3) is 3.14. The molecule has 4 nitrogen and oxygen atoms in total. The van der Waals surface area contributed by atoms with Crippen LogP contribution in [0.1, 0.15) is 17.0 Å². The van der Waals surface area contributed by atoms with E-state index in [9.17, 15) is 13.6 Å². The molecule has 1 fully saturated rings. The van der Waals surface area contributed by atoms with Gasteiger partial charge in [-0.1, -0.05) is 0 Å². The number of hydrogen-bond acceptors (Lipinski definition) is 3. The van der Waals surface area contributed by atoms with Gasteiger partial charge in [0.25, 0.3) is 11.8 Å². The van der Waals surface area contributed by atoms with Crippen molar-refractivity contribution in [3.05, 3.63) is 22.6 Å². The average molecular weight is 338 g/mol. The van der Waals surface area contributed by atoms with Crippen LogP contribution in [0.5, 0.6) is 0 Å². The molecule has 1 unspecified atom stereocenters. The minimum absolute atomic E-state index is 0.0182. The van der Waals surface area contributed by atoms with E-state index in [0.717, 1.165) is 0 Å². The van der Waals surface area contributed by atoms with Gasteiger partial charge in [0.15, 0.2) is 10.4 Å². The molecule has 0 N–H and O–H groups in total. The molecule has 7 heteroatoms. The van der Waals surface area contributed by atoms with Crippen molar-refractivity contribution >= 4 is 21.8 Å². The van der Waals surface area contributed by atoms with Crippen molar-refractivity contribution in [2.24, 2.45) is 5.92 Å². The van der Waals surface area contributed by atoms with Gasteiger partial charge >= 0.3 is 0 Å². The standard InChI is InChI=1S/C12H14BrF2NO3/c1-18-7-8-6-16(5-4-12(8,14)15)11(17)9-2-3-10(13)19-9/h2-3,8H,4-7H2,1H3. The Morgan fingerprint density at radius 2 is 2.37 bits per heavy atom. The van der Waals surface area contributed by atoms with Gasteiger partial charge in [-0.3, -0.25) is 4.79 Å². The molecule has 1 aromatic rings. The van der Waals surface area contributed by atoms with Crippen molar-refractivity contribution in [1.82, 2.24) is 4.90 Å². The molecule has 0 bridgehead atoms. The maximum atomic E-state index is 13.7. The second kappa shape index (κ2) is 5.58. The average Bonchev–Trinajstić information content (AvgIpc) is 2.78. The molecule has 1 saturated heterocycles. The number of rotatable bonds is 3. The number of nitrogens with zero attached hydrogens (tertiary/aromatic N) is 1. The summed E-state index contributed by atoms with van der Waals surface area (Å²) in [6, 6.07) is 3.11. The lowest BCUT2D eigenvalue weighted by Gasteiger charge is -2.37.